The summed E-state index contributed by atoms with van der Waals surface area (Å²) in [5, 5.41) is 0.178. The number of piperazine rings is 1. The summed E-state index contributed by atoms with van der Waals surface area (Å²) in [6, 6.07) is 11.2. The zero-order valence-corrected chi connectivity index (χ0v) is 18.2. The Labute approximate surface area is 184 Å². The van der Waals surface area contributed by atoms with Crippen molar-refractivity contribution in [2.24, 2.45) is 0 Å². The summed E-state index contributed by atoms with van der Waals surface area (Å²) in [7, 11) is -4.02. The minimum atomic E-state index is -4.02. The molecular formula is C21H19ClFN3O4S. The molecule has 0 saturated carbocycles. The van der Waals surface area contributed by atoms with Gasteiger partial charge in [-0.15, -0.1) is 0 Å². The second-order valence-corrected chi connectivity index (χ2v) is 9.39. The van der Waals surface area contributed by atoms with Gasteiger partial charge in [-0.1, -0.05) is 11.6 Å². The number of oxazole rings is 1. The van der Waals surface area contributed by atoms with Crippen LogP contribution in [0, 0.1) is 5.82 Å². The molecule has 0 aliphatic carbocycles. The quantitative estimate of drug-likeness (QED) is 0.587. The predicted octanol–water partition coefficient (Wildman–Crippen LogP) is 3.64. The maximum absolute atomic E-state index is 13.4. The van der Waals surface area contributed by atoms with Gasteiger partial charge in [-0.3, -0.25) is 4.79 Å². The third-order valence-corrected chi connectivity index (χ3v) is 6.98. The van der Waals surface area contributed by atoms with E-state index >= 15 is 0 Å². The van der Waals surface area contributed by atoms with E-state index < -0.39 is 15.7 Å². The normalized spacial score (nSPS) is 14.7. The van der Waals surface area contributed by atoms with Gasteiger partial charge in [-0.05, 0) is 48.5 Å². The number of sulfone groups is 1. The number of carbonyl (C=O) groups excluding carboxylic acids is 1. The molecule has 2 aromatic carbocycles. The highest BCUT2D eigenvalue weighted by atomic mass is 35.5. The van der Waals surface area contributed by atoms with Gasteiger partial charge in [0.15, 0.2) is 0 Å². The first kappa shape index (κ1) is 21.3. The topological polar surface area (TPSA) is 83.7 Å². The molecule has 0 bridgehead atoms. The highest BCUT2D eigenvalue weighted by molar-refractivity contribution is 7.91. The number of hydrogen-bond donors (Lipinski definition) is 0. The number of aromatic nitrogens is 1. The number of amides is 1. The van der Waals surface area contributed by atoms with Gasteiger partial charge in [0.2, 0.25) is 32.5 Å². The summed E-state index contributed by atoms with van der Waals surface area (Å²) in [6.07, 6.45) is 0. The third kappa shape index (κ3) is 4.28. The standard InChI is InChI=1S/C21H19ClFN3O4S/c1-14(27)25-10-12-26(13-11-25)21-20(31(28,29)18-8-4-16(22)5-9-18)24-19(30-21)15-2-6-17(23)7-3-15/h2-9H,10-13H2,1H3. The van der Waals surface area contributed by atoms with Crippen molar-refractivity contribution in [3.8, 4) is 11.5 Å². The predicted molar refractivity (Wildman–Crippen MR) is 113 cm³/mol. The number of benzene rings is 2. The first-order valence-corrected chi connectivity index (χ1v) is 11.4. The Morgan fingerprint density at radius 3 is 2.23 bits per heavy atom. The van der Waals surface area contributed by atoms with Crippen LogP contribution in [-0.4, -0.2) is 50.4 Å². The van der Waals surface area contributed by atoms with Crippen molar-refractivity contribution in [3.05, 3.63) is 59.4 Å². The fraction of sp³-hybridized carbons (Fsp3) is 0.238. The molecule has 0 radical (unpaired) electrons. The number of rotatable bonds is 4. The van der Waals surface area contributed by atoms with Crippen molar-refractivity contribution in [2.75, 3.05) is 31.1 Å². The summed E-state index contributed by atoms with van der Waals surface area (Å²) < 4.78 is 45.9. The van der Waals surface area contributed by atoms with Crippen LogP contribution in [0.4, 0.5) is 10.3 Å². The first-order valence-electron chi connectivity index (χ1n) is 9.53. The molecule has 1 fully saturated rings. The van der Waals surface area contributed by atoms with E-state index in [1.165, 1.54) is 55.5 Å². The van der Waals surface area contributed by atoms with Crippen molar-refractivity contribution in [3.63, 3.8) is 0 Å². The minimum Gasteiger partial charge on any atom is -0.419 e. The minimum absolute atomic E-state index is 0.0273. The van der Waals surface area contributed by atoms with Crippen LogP contribution in [-0.2, 0) is 14.6 Å². The van der Waals surface area contributed by atoms with Gasteiger partial charge in [0.05, 0.1) is 4.90 Å². The molecule has 1 amide bonds. The molecule has 10 heteroatoms. The maximum atomic E-state index is 13.4. The van der Waals surface area contributed by atoms with Crippen LogP contribution in [0.5, 0.6) is 0 Å². The van der Waals surface area contributed by atoms with Gasteiger partial charge in [0, 0.05) is 43.7 Å². The zero-order chi connectivity index (χ0) is 22.2. The van der Waals surface area contributed by atoms with Crippen molar-refractivity contribution in [1.29, 1.82) is 0 Å². The van der Waals surface area contributed by atoms with E-state index in [-0.39, 0.29) is 27.6 Å². The van der Waals surface area contributed by atoms with Gasteiger partial charge in [0.25, 0.3) is 0 Å². The van der Waals surface area contributed by atoms with Crippen LogP contribution in [0.3, 0.4) is 0 Å². The van der Waals surface area contributed by atoms with E-state index in [9.17, 15) is 17.6 Å². The average molecular weight is 464 g/mol. The van der Waals surface area contributed by atoms with Crippen molar-refractivity contribution < 1.29 is 22.0 Å². The van der Waals surface area contributed by atoms with Gasteiger partial charge in [-0.2, -0.15) is 4.98 Å². The molecule has 4 rings (SSSR count). The number of nitrogens with zero attached hydrogens (tertiary/aromatic N) is 3. The summed E-state index contributed by atoms with van der Waals surface area (Å²) in [4.78, 5) is 19.4. The fourth-order valence-electron chi connectivity index (χ4n) is 3.34. The molecule has 1 aliphatic heterocycles. The van der Waals surface area contributed by atoms with E-state index in [1.807, 2.05) is 0 Å². The smallest absolute Gasteiger partial charge is 0.236 e. The number of halogens is 2. The monoisotopic (exact) mass is 463 g/mol. The number of hydrogen-bond acceptors (Lipinski definition) is 6. The maximum Gasteiger partial charge on any atom is 0.236 e. The Morgan fingerprint density at radius 2 is 1.65 bits per heavy atom. The Morgan fingerprint density at radius 1 is 1.03 bits per heavy atom. The Kier molecular flexibility index (Phi) is 5.72. The lowest BCUT2D eigenvalue weighted by molar-refractivity contribution is -0.129. The average Bonchev–Trinajstić information content (AvgIpc) is 3.21. The summed E-state index contributed by atoms with van der Waals surface area (Å²) in [6.45, 7) is 3.14. The lowest BCUT2D eigenvalue weighted by Gasteiger charge is -2.34. The lowest BCUT2D eigenvalue weighted by Crippen LogP contribution is -2.48. The fourth-order valence-corrected chi connectivity index (χ4v) is 4.79. The molecule has 2 heterocycles. The molecule has 0 N–H and O–H groups in total. The number of carbonyl (C=O) groups is 1. The van der Waals surface area contributed by atoms with Crippen molar-refractivity contribution >= 4 is 33.2 Å². The number of anilines is 1. The van der Waals surface area contributed by atoms with E-state index in [4.69, 9.17) is 16.0 Å². The largest absolute Gasteiger partial charge is 0.419 e. The Balaban J connectivity index is 1.78. The highest BCUT2D eigenvalue weighted by Crippen LogP contribution is 2.35. The van der Waals surface area contributed by atoms with Crippen molar-refractivity contribution in [2.45, 2.75) is 16.8 Å². The van der Waals surface area contributed by atoms with Gasteiger partial charge >= 0.3 is 0 Å². The van der Waals surface area contributed by atoms with Crippen LogP contribution in [0.2, 0.25) is 5.02 Å². The van der Waals surface area contributed by atoms with E-state index in [0.717, 1.165) is 0 Å². The van der Waals surface area contributed by atoms with E-state index in [0.29, 0.717) is 36.8 Å². The molecule has 7 nitrogen and oxygen atoms in total. The molecule has 31 heavy (non-hydrogen) atoms. The molecule has 1 aromatic heterocycles. The SMILES string of the molecule is CC(=O)N1CCN(c2oc(-c3ccc(F)cc3)nc2S(=O)(=O)c2ccc(Cl)cc2)CC1. The van der Waals surface area contributed by atoms with Crippen LogP contribution < -0.4 is 4.90 Å². The summed E-state index contributed by atoms with van der Waals surface area (Å²) in [5.41, 5.74) is 0.447. The summed E-state index contributed by atoms with van der Waals surface area (Å²) in [5.74, 6) is -0.308. The molecule has 3 aromatic rings. The highest BCUT2D eigenvalue weighted by Gasteiger charge is 2.33. The van der Waals surface area contributed by atoms with Gasteiger partial charge in [0.1, 0.15) is 5.82 Å². The zero-order valence-electron chi connectivity index (χ0n) is 16.6. The second-order valence-electron chi connectivity index (χ2n) is 7.09. The molecule has 0 unspecified atom stereocenters. The molecular weight excluding hydrogens is 445 g/mol. The van der Waals surface area contributed by atoms with Gasteiger partial charge < -0.3 is 14.2 Å². The Hall–Kier alpha value is -2.91. The molecule has 0 spiro atoms. The summed E-state index contributed by atoms with van der Waals surface area (Å²) >= 11 is 5.90. The van der Waals surface area contributed by atoms with E-state index in [2.05, 4.69) is 4.98 Å². The van der Waals surface area contributed by atoms with E-state index in [1.54, 1.807) is 9.80 Å². The molecule has 1 saturated heterocycles. The van der Waals surface area contributed by atoms with Crippen LogP contribution in [0.1, 0.15) is 6.92 Å². The van der Waals surface area contributed by atoms with Gasteiger partial charge in [-0.25, -0.2) is 12.8 Å². The van der Waals surface area contributed by atoms with Crippen LogP contribution in [0.15, 0.2) is 62.9 Å². The molecule has 0 atom stereocenters. The Bertz CT molecular complexity index is 1200. The first-order chi connectivity index (χ1) is 14.8. The second kappa shape index (κ2) is 8.32. The lowest BCUT2D eigenvalue weighted by atomic mass is 10.2. The van der Waals surface area contributed by atoms with Crippen LogP contribution in [0.25, 0.3) is 11.5 Å². The molecule has 162 valence electrons. The molecule has 1 aliphatic rings. The van der Waals surface area contributed by atoms with Crippen molar-refractivity contribution in [1.82, 2.24) is 9.88 Å². The third-order valence-electron chi connectivity index (χ3n) is 5.06. The van der Waals surface area contributed by atoms with Crippen LogP contribution >= 0.6 is 11.6 Å².